The molecule has 1 aliphatic rings. The van der Waals surface area contributed by atoms with Crippen molar-refractivity contribution in [2.45, 2.75) is 50.2 Å². The van der Waals surface area contributed by atoms with Gasteiger partial charge >= 0.3 is 0 Å². The van der Waals surface area contributed by atoms with E-state index in [2.05, 4.69) is 10.0 Å². The van der Waals surface area contributed by atoms with Crippen LogP contribution in [-0.4, -0.2) is 34.2 Å². The van der Waals surface area contributed by atoms with Crippen molar-refractivity contribution >= 4 is 21.4 Å². The molecule has 1 aliphatic heterocycles. The van der Waals surface area contributed by atoms with Crippen molar-refractivity contribution in [2.24, 2.45) is 0 Å². The van der Waals surface area contributed by atoms with Crippen molar-refractivity contribution in [2.75, 3.05) is 19.7 Å². The molecule has 1 fully saturated rings. The minimum Gasteiger partial charge on any atom is -0.378 e. The molecule has 1 atom stereocenters. The maximum Gasteiger partial charge on any atom is 0.241 e. The van der Waals surface area contributed by atoms with E-state index in [0.29, 0.717) is 18.0 Å². The summed E-state index contributed by atoms with van der Waals surface area (Å²) in [4.78, 5) is 1.40. The Kier molecular flexibility index (Phi) is 6.63. The number of hydrogen-bond donors (Lipinski definition) is 2. The first-order valence-electron chi connectivity index (χ1n) is 7.51. The van der Waals surface area contributed by atoms with Gasteiger partial charge in [0.2, 0.25) is 10.0 Å². The lowest BCUT2D eigenvalue weighted by molar-refractivity contribution is 0.0123. The monoisotopic (exact) mass is 332 g/mol. The lowest BCUT2D eigenvalue weighted by Crippen LogP contribution is -2.29. The fourth-order valence-electron chi connectivity index (χ4n) is 2.31. The fraction of sp³-hybridized carbons (Fsp3) is 0.714. The second-order valence-corrected chi connectivity index (χ2v) is 7.97. The van der Waals surface area contributed by atoms with Gasteiger partial charge in [0, 0.05) is 30.0 Å². The summed E-state index contributed by atoms with van der Waals surface area (Å²) in [6, 6.07) is 1.74. The van der Waals surface area contributed by atoms with Crippen molar-refractivity contribution in [3.05, 3.63) is 16.3 Å². The van der Waals surface area contributed by atoms with E-state index >= 15 is 0 Å². The van der Waals surface area contributed by atoms with E-state index < -0.39 is 10.0 Å². The Bertz CT molecular complexity index is 522. The Labute approximate surface area is 131 Å². The Morgan fingerprint density at radius 3 is 3.00 bits per heavy atom. The van der Waals surface area contributed by atoms with E-state index in [1.807, 2.05) is 6.92 Å². The molecule has 0 spiro atoms. The van der Waals surface area contributed by atoms with Crippen LogP contribution in [0, 0.1) is 0 Å². The maximum atomic E-state index is 12.2. The zero-order valence-electron chi connectivity index (χ0n) is 12.4. The van der Waals surface area contributed by atoms with Crippen LogP contribution >= 0.6 is 11.3 Å². The van der Waals surface area contributed by atoms with Crippen molar-refractivity contribution in [1.82, 2.24) is 10.0 Å². The number of nitrogens with one attached hydrogen (secondary N) is 2. The highest BCUT2D eigenvalue weighted by Gasteiger charge is 2.18. The van der Waals surface area contributed by atoms with Gasteiger partial charge in [-0.3, -0.25) is 0 Å². The molecule has 0 radical (unpaired) electrons. The van der Waals surface area contributed by atoms with Gasteiger partial charge in [-0.1, -0.05) is 6.92 Å². The van der Waals surface area contributed by atoms with E-state index in [9.17, 15) is 8.42 Å². The predicted octanol–water partition coefficient (Wildman–Crippen LogP) is 2.10. The summed E-state index contributed by atoms with van der Waals surface area (Å²) in [5.41, 5.74) is 0. The van der Waals surface area contributed by atoms with Gasteiger partial charge in [0.1, 0.15) is 0 Å². The van der Waals surface area contributed by atoms with Crippen LogP contribution in [0.2, 0.25) is 0 Å². The van der Waals surface area contributed by atoms with Crippen molar-refractivity contribution in [3.63, 3.8) is 0 Å². The normalized spacial score (nSPS) is 19.8. The lowest BCUT2D eigenvalue weighted by atomic mass is 10.1. The molecule has 0 amide bonds. The summed E-state index contributed by atoms with van der Waals surface area (Å²) in [7, 11) is -3.39. The largest absolute Gasteiger partial charge is 0.378 e. The van der Waals surface area contributed by atoms with Crippen LogP contribution in [0.25, 0.3) is 0 Å². The molecule has 2 N–H and O–H groups in total. The van der Waals surface area contributed by atoms with Gasteiger partial charge < -0.3 is 10.1 Å². The van der Waals surface area contributed by atoms with Gasteiger partial charge in [-0.15, -0.1) is 11.3 Å². The van der Waals surface area contributed by atoms with E-state index in [4.69, 9.17) is 4.74 Å². The molecule has 1 aromatic heterocycles. The molecule has 1 saturated heterocycles. The summed E-state index contributed by atoms with van der Waals surface area (Å²) in [6.07, 6.45) is 4.27. The van der Waals surface area contributed by atoms with Crippen LogP contribution in [0.3, 0.4) is 0 Å². The molecular formula is C14H24N2O3S2. The lowest BCUT2D eigenvalue weighted by Gasteiger charge is -2.22. The molecule has 5 nitrogen and oxygen atoms in total. The highest BCUT2D eigenvalue weighted by Crippen LogP contribution is 2.19. The average molecular weight is 332 g/mol. The number of sulfonamides is 1. The number of thiophene rings is 1. The molecule has 2 heterocycles. The van der Waals surface area contributed by atoms with Crippen LogP contribution in [0.1, 0.15) is 37.5 Å². The van der Waals surface area contributed by atoms with Crippen molar-refractivity contribution in [3.8, 4) is 0 Å². The molecule has 120 valence electrons. The molecular weight excluding hydrogens is 308 g/mol. The second-order valence-electron chi connectivity index (χ2n) is 5.20. The summed E-state index contributed by atoms with van der Waals surface area (Å²) in [5, 5.41) is 4.89. The molecule has 1 aromatic rings. The number of ether oxygens (including phenoxy) is 1. The van der Waals surface area contributed by atoms with Crippen LogP contribution in [0.15, 0.2) is 16.3 Å². The van der Waals surface area contributed by atoms with Gasteiger partial charge in [0.15, 0.2) is 0 Å². The highest BCUT2D eigenvalue weighted by atomic mass is 32.2. The Morgan fingerprint density at radius 1 is 1.43 bits per heavy atom. The molecule has 1 unspecified atom stereocenters. The first kappa shape index (κ1) is 16.9. The molecule has 0 bridgehead atoms. The van der Waals surface area contributed by atoms with Gasteiger partial charge in [0.05, 0.1) is 11.0 Å². The highest BCUT2D eigenvalue weighted by molar-refractivity contribution is 7.89. The van der Waals surface area contributed by atoms with Crippen LogP contribution in [0.5, 0.6) is 0 Å². The Balaban J connectivity index is 1.81. The summed E-state index contributed by atoms with van der Waals surface area (Å²) in [5.74, 6) is 0. The number of rotatable bonds is 8. The summed E-state index contributed by atoms with van der Waals surface area (Å²) >= 11 is 1.47. The smallest absolute Gasteiger partial charge is 0.241 e. The van der Waals surface area contributed by atoms with E-state index in [0.717, 1.165) is 37.3 Å². The number of hydrogen-bond acceptors (Lipinski definition) is 5. The molecule has 21 heavy (non-hydrogen) atoms. The SMILES string of the molecule is CCNCc1cc(S(=O)(=O)NCCC2CCCCO2)cs1. The zero-order chi connectivity index (χ0) is 15.1. The standard InChI is InChI=1S/C14H24N2O3S2/c1-2-15-10-13-9-14(11-20-13)21(17,18)16-7-6-12-5-3-4-8-19-12/h9,11-12,15-16H,2-8,10H2,1H3. The predicted molar refractivity (Wildman–Crippen MR) is 85.1 cm³/mol. The molecule has 7 heteroatoms. The molecule has 2 rings (SSSR count). The molecule has 0 aliphatic carbocycles. The molecule has 0 aromatic carbocycles. The molecule has 0 saturated carbocycles. The minimum atomic E-state index is -3.39. The third kappa shape index (κ3) is 5.34. The van der Waals surface area contributed by atoms with Crippen LogP contribution in [-0.2, 0) is 21.3 Å². The topological polar surface area (TPSA) is 67.4 Å². The second kappa shape index (κ2) is 8.24. The maximum absolute atomic E-state index is 12.2. The quantitative estimate of drug-likeness (QED) is 0.765. The fourth-order valence-corrected chi connectivity index (χ4v) is 4.61. The van der Waals surface area contributed by atoms with Crippen LogP contribution in [0.4, 0.5) is 0 Å². The van der Waals surface area contributed by atoms with Crippen molar-refractivity contribution < 1.29 is 13.2 Å². The minimum absolute atomic E-state index is 0.202. The third-order valence-electron chi connectivity index (χ3n) is 3.52. The van der Waals surface area contributed by atoms with Gasteiger partial charge in [-0.05, 0) is 38.3 Å². The van der Waals surface area contributed by atoms with Gasteiger partial charge in [-0.2, -0.15) is 0 Å². The van der Waals surface area contributed by atoms with E-state index in [-0.39, 0.29) is 6.10 Å². The van der Waals surface area contributed by atoms with Crippen LogP contribution < -0.4 is 10.0 Å². The summed E-state index contributed by atoms with van der Waals surface area (Å²) < 4.78 is 32.7. The Morgan fingerprint density at radius 2 is 2.29 bits per heavy atom. The average Bonchev–Trinajstić information content (AvgIpc) is 2.96. The first-order chi connectivity index (χ1) is 10.1. The van der Waals surface area contributed by atoms with Gasteiger partial charge in [0.25, 0.3) is 0 Å². The third-order valence-corrected chi connectivity index (χ3v) is 6.05. The first-order valence-corrected chi connectivity index (χ1v) is 9.87. The Hall–Kier alpha value is -0.470. The zero-order valence-corrected chi connectivity index (χ0v) is 14.1. The van der Waals surface area contributed by atoms with E-state index in [1.54, 1.807) is 11.4 Å². The van der Waals surface area contributed by atoms with E-state index in [1.165, 1.54) is 17.8 Å². The summed E-state index contributed by atoms with van der Waals surface area (Å²) in [6.45, 7) is 4.85. The van der Waals surface area contributed by atoms with Crippen molar-refractivity contribution in [1.29, 1.82) is 0 Å². The van der Waals surface area contributed by atoms with Gasteiger partial charge in [-0.25, -0.2) is 13.1 Å².